The zero-order valence-corrected chi connectivity index (χ0v) is 11.1. The molecule has 6 heteroatoms. The number of fused-ring (bicyclic) bond motifs is 1. The highest BCUT2D eigenvalue weighted by Crippen LogP contribution is 2.22. The summed E-state index contributed by atoms with van der Waals surface area (Å²) in [5.41, 5.74) is 0.888. The van der Waals surface area contributed by atoms with Gasteiger partial charge in [0.25, 0.3) is 17.6 Å². The molecule has 0 unspecified atom stereocenters. The van der Waals surface area contributed by atoms with Gasteiger partial charge in [0.2, 0.25) is 0 Å². The van der Waals surface area contributed by atoms with E-state index in [9.17, 15) is 9.59 Å². The normalized spacial score (nSPS) is 13.6. The van der Waals surface area contributed by atoms with Crippen LogP contribution in [0.2, 0.25) is 5.02 Å². The molecule has 1 aliphatic heterocycles. The number of aromatic nitrogens is 1. The van der Waals surface area contributed by atoms with E-state index in [4.69, 9.17) is 11.6 Å². The highest BCUT2D eigenvalue weighted by Gasteiger charge is 2.35. The largest absolute Gasteiger partial charge is 0.273 e. The number of aromatic amines is 1. The Balaban J connectivity index is 1.75. The fourth-order valence-electron chi connectivity index (χ4n) is 2.06. The van der Waals surface area contributed by atoms with Crippen molar-refractivity contribution < 1.29 is 14.6 Å². The van der Waals surface area contributed by atoms with Crippen molar-refractivity contribution in [3.05, 3.63) is 58.7 Å². The Morgan fingerprint density at radius 2 is 1.70 bits per heavy atom. The second-order valence-electron chi connectivity index (χ2n) is 4.34. The maximum atomic E-state index is 12.1. The van der Waals surface area contributed by atoms with E-state index in [2.05, 4.69) is 10.3 Å². The maximum absolute atomic E-state index is 12.1. The van der Waals surface area contributed by atoms with Gasteiger partial charge in [0.05, 0.1) is 16.1 Å². The third-order valence-corrected chi connectivity index (χ3v) is 3.32. The molecule has 20 heavy (non-hydrogen) atoms. The van der Waals surface area contributed by atoms with Crippen LogP contribution in [-0.2, 0) is 0 Å². The summed E-state index contributed by atoms with van der Waals surface area (Å²) >= 11 is 5.77. The number of imide groups is 1. The van der Waals surface area contributed by atoms with Crippen LogP contribution >= 0.6 is 11.6 Å². The number of rotatable bonds is 3. The first-order valence-corrected chi connectivity index (χ1v) is 6.41. The average molecular weight is 289 g/mol. The number of anilines is 1. The van der Waals surface area contributed by atoms with Crippen LogP contribution in [0.5, 0.6) is 0 Å². The van der Waals surface area contributed by atoms with Crippen molar-refractivity contribution in [2.24, 2.45) is 0 Å². The highest BCUT2D eigenvalue weighted by molar-refractivity contribution is 6.30. The van der Waals surface area contributed by atoms with Gasteiger partial charge in [-0.25, -0.2) is 9.88 Å². The van der Waals surface area contributed by atoms with Crippen LogP contribution < -0.4 is 10.3 Å². The standard InChI is InChI=1S/C14H10ClN3O2/c15-9-5-6-12(16-7-9)17-8-18-13(19)10-3-1-2-4-11(10)14(18)20/h1-7H,8H2,(H,16,17)/p+1. The fourth-order valence-corrected chi connectivity index (χ4v) is 2.18. The molecule has 100 valence electrons. The second kappa shape index (κ2) is 4.94. The Labute approximate surface area is 120 Å². The van der Waals surface area contributed by atoms with Crippen molar-refractivity contribution >= 4 is 29.2 Å². The van der Waals surface area contributed by atoms with E-state index in [-0.39, 0.29) is 18.5 Å². The maximum Gasteiger partial charge on any atom is 0.273 e. The first kappa shape index (κ1) is 12.6. The molecule has 5 nitrogen and oxygen atoms in total. The molecule has 0 atom stereocenters. The summed E-state index contributed by atoms with van der Waals surface area (Å²) in [4.78, 5) is 28.3. The number of pyridine rings is 1. The van der Waals surface area contributed by atoms with Gasteiger partial charge in [0.1, 0.15) is 6.20 Å². The van der Waals surface area contributed by atoms with E-state index < -0.39 is 0 Å². The molecule has 2 heterocycles. The van der Waals surface area contributed by atoms with Crippen LogP contribution in [-0.4, -0.2) is 23.4 Å². The van der Waals surface area contributed by atoms with E-state index in [0.29, 0.717) is 22.0 Å². The van der Waals surface area contributed by atoms with Crippen LogP contribution in [0.4, 0.5) is 5.82 Å². The lowest BCUT2D eigenvalue weighted by Gasteiger charge is -2.10. The van der Waals surface area contributed by atoms with E-state index in [0.717, 1.165) is 0 Å². The molecule has 2 N–H and O–H groups in total. The summed E-state index contributed by atoms with van der Waals surface area (Å²) in [7, 11) is 0. The van der Waals surface area contributed by atoms with Gasteiger partial charge in [-0.05, 0) is 18.2 Å². The molecule has 0 radical (unpaired) electrons. The molecule has 0 fully saturated rings. The van der Waals surface area contributed by atoms with Crippen molar-refractivity contribution in [3.63, 3.8) is 0 Å². The van der Waals surface area contributed by atoms with Crippen LogP contribution in [0.25, 0.3) is 0 Å². The van der Waals surface area contributed by atoms with E-state index in [1.54, 1.807) is 42.6 Å². The lowest BCUT2D eigenvalue weighted by Crippen LogP contribution is -2.35. The number of carbonyl (C=O) groups is 2. The molecule has 1 aliphatic rings. The predicted octanol–water partition coefficient (Wildman–Crippen LogP) is 1.82. The van der Waals surface area contributed by atoms with E-state index in [1.807, 2.05) is 0 Å². The highest BCUT2D eigenvalue weighted by atomic mass is 35.5. The van der Waals surface area contributed by atoms with Gasteiger partial charge in [0.15, 0.2) is 6.67 Å². The lowest BCUT2D eigenvalue weighted by atomic mass is 10.1. The molecule has 1 aromatic carbocycles. The molecule has 0 aliphatic carbocycles. The Bertz CT molecular complexity index is 650. The molecule has 0 saturated heterocycles. The van der Waals surface area contributed by atoms with Crippen molar-refractivity contribution in [1.82, 2.24) is 4.90 Å². The van der Waals surface area contributed by atoms with Crippen molar-refractivity contribution in [2.45, 2.75) is 0 Å². The molecule has 0 bridgehead atoms. The number of hydrogen-bond donors (Lipinski definition) is 1. The SMILES string of the molecule is O=C1c2ccccc2C(=O)N1CNc1ccc(Cl)c[nH+]1. The number of amides is 2. The summed E-state index contributed by atoms with van der Waals surface area (Å²) in [5.74, 6) is 0.102. The molecule has 0 spiro atoms. The Morgan fingerprint density at radius 1 is 1.05 bits per heavy atom. The summed E-state index contributed by atoms with van der Waals surface area (Å²) in [6.07, 6.45) is 1.62. The van der Waals surface area contributed by atoms with Crippen LogP contribution in [0.3, 0.4) is 0 Å². The first-order valence-electron chi connectivity index (χ1n) is 6.03. The first-order chi connectivity index (χ1) is 9.66. The number of benzene rings is 1. The molecule has 3 rings (SSSR count). The molecule has 2 amide bonds. The second-order valence-corrected chi connectivity index (χ2v) is 4.78. The van der Waals surface area contributed by atoms with Crippen LogP contribution in [0, 0.1) is 0 Å². The zero-order chi connectivity index (χ0) is 14.1. The van der Waals surface area contributed by atoms with Crippen molar-refractivity contribution in [1.29, 1.82) is 0 Å². The smallest absolute Gasteiger partial charge is 0.268 e. The fraction of sp³-hybridized carbons (Fsp3) is 0.0714. The Hall–Kier alpha value is -2.40. The molecule has 0 saturated carbocycles. The van der Waals surface area contributed by atoms with Gasteiger partial charge in [0, 0.05) is 6.07 Å². The zero-order valence-electron chi connectivity index (χ0n) is 10.4. The van der Waals surface area contributed by atoms with Crippen LogP contribution in [0.1, 0.15) is 20.7 Å². The van der Waals surface area contributed by atoms with Gasteiger partial charge in [-0.3, -0.25) is 14.9 Å². The average Bonchev–Trinajstić information content (AvgIpc) is 2.71. The van der Waals surface area contributed by atoms with Gasteiger partial charge in [-0.2, -0.15) is 0 Å². The van der Waals surface area contributed by atoms with Crippen LogP contribution in [0.15, 0.2) is 42.6 Å². The van der Waals surface area contributed by atoms with Gasteiger partial charge in [-0.15, -0.1) is 0 Å². The minimum atomic E-state index is -0.285. The summed E-state index contributed by atoms with van der Waals surface area (Å²) in [6, 6.07) is 10.2. The minimum Gasteiger partial charge on any atom is -0.268 e. The molecular weight excluding hydrogens is 278 g/mol. The summed E-state index contributed by atoms with van der Waals surface area (Å²) < 4.78 is 0. The number of carbonyl (C=O) groups excluding carboxylic acids is 2. The third kappa shape index (κ3) is 2.12. The van der Waals surface area contributed by atoms with E-state index in [1.165, 1.54) is 4.90 Å². The Morgan fingerprint density at radius 3 is 2.25 bits per heavy atom. The van der Waals surface area contributed by atoms with E-state index >= 15 is 0 Å². The van der Waals surface area contributed by atoms with Gasteiger partial charge >= 0.3 is 0 Å². The lowest BCUT2D eigenvalue weighted by molar-refractivity contribution is -0.361. The number of hydrogen-bond acceptors (Lipinski definition) is 3. The number of nitrogens with one attached hydrogen (secondary N) is 2. The quantitative estimate of drug-likeness (QED) is 0.876. The van der Waals surface area contributed by atoms with Gasteiger partial charge < -0.3 is 0 Å². The Kier molecular flexibility index (Phi) is 3.12. The monoisotopic (exact) mass is 288 g/mol. The third-order valence-electron chi connectivity index (χ3n) is 3.08. The number of nitrogens with zero attached hydrogens (tertiary/aromatic N) is 1. The number of halogens is 1. The topological polar surface area (TPSA) is 63.6 Å². The van der Waals surface area contributed by atoms with Crippen molar-refractivity contribution in [3.8, 4) is 0 Å². The van der Waals surface area contributed by atoms with Crippen molar-refractivity contribution in [2.75, 3.05) is 12.0 Å². The molecular formula is C14H11ClN3O2+. The minimum absolute atomic E-state index is 0.102. The molecule has 2 aromatic rings. The summed E-state index contributed by atoms with van der Waals surface area (Å²) in [6.45, 7) is 0.102. The molecule has 1 aromatic heterocycles. The summed E-state index contributed by atoms with van der Waals surface area (Å²) in [5, 5.41) is 3.56. The van der Waals surface area contributed by atoms with Gasteiger partial charge in [-0.1, -0.05) is 23.7 Å². The predicted molar refractivity (Wildman–Crippen MR) is 73.4 cm³/mol. The number of H-pyrrole nitrogens is 1.